The summed E-state index contributed by atoms with van der Waals surface area (Å²) in [6.07, 6.45) is 0.942. The smallest absolute Gasteiger partial charge is 0.183 e. The summed E-state index contributed by atoms with van der Waals surface area (Å²) in [7, 11) is -3.48. The molecule has 0 amide bonds. The minimum atomic E-state index is -3.48. The molecule has 0 radical (unpaired) electrons. The van der Waals surface area contributed by atoms with Crippen LogP contribution in [0.25, 0.3) is 0 Å². The predicted octanol–water partition coefficient (Wildman–Crippen LogP) is 3.64. The molecule has 3 unspecified atom stereocenters. The van der Waals surface area contributed by atoms with Gasteiger partial charge >= 0.3 is 0 Å². The molecule has 2 aromatic rings. The fourth-order valence-corrected chi connectivity index (χ4v) is 5.15. The molecule has 0 aromatic heterocycles. The monoisotopic (exact) mass is 325 g/mol. The van der Waals surface area contributed by atoms with Crippen molar-refractivity contribution in [3.8, 4) is 6.07 Å². The van der Waals surface area contributed by atoms with E-state index in [9.17, 15) is 13.7 Å². The highest BCUT2D eigenvalue weighted by Gasteiger charge is 2.59. The highest BCUT2D eigenvalue weighted by molar-refractivity contribution is 7.92. The maximum atomic E-state index is 12.8. The van der Waals surface area contributed by atoms with Crippen LogP contribution in [0.4, 0.5) is 0 Å². The van der Waals surface area contributed by atoms with Crippen LogP contribution >= 0.6 is 0 Å². The summed E-state index contributed by atoms with van der Waals surface area (Å²) >= 11 is 0. The summed E-state index contributed by atoms with van der Waals surface area (Å²) in [6.45, 7) is 4.00. The summed E-state index contributed by atoms with van der Waals surface area (Å²) in [4.78, 5) is 0.307. The fourth-order valence-electron chi connectivity index (χ4n) is 3.08. The summed E-state index contributed by atoms with van der Waals surface area (Å²) in [5, 5.41) is 8.71. The first kappa shape index (κ1) is 15.8. The third-order valence-corrected chi connectivity index (χ3v) is 6.82. The first-order valence-corrected chi connectivity index (χ1v) is 9.32. The standard InChI is InChI=1S/C19H19NO2S/c1-3-14-6-8-15(9-7-14)18-17(12-20)19(18)23(21,22)16-10-4-13(2)5-11-16/h4-11,17-19H,3H2,1-2H3. The van der Waals surface area contributed by atoms with Gasteiger partial charge in [0.05, 0.1) is 22.1 Å². The van der Waals surface area contributed by atoms with E-state index in [0.29, 0.717) is 4.90 Å². The predicted molar refractivity (Wildman–Crippen MR) is 89.8 cm³/mol. The lowest BCUT2D eigenvalue weighted by atomic mass is 10.1. The quantitative estimate of drug-likeness (QED) is 0.862. The zero-order valence-corrected chi connectivity index (χ0v) is 14.0. The van der Waals surface area contributed by atoms with Gasteiger partial charge in [0.15, 0.2) is 9.84 Å². The summed E-state index contributed by atoms with van der Waals surface area (Å²) < 4.78 is 25.7. The molecule has 1 fully saturated rings. The van der Waals surface area contributed by atoms with Crippen molar-refractivity contribution < 1.29 is 8.42 Å². The van der Waals surface area contributed by atoms with Gasteiger partial charge in [0, 0.05) is 5.92 Å². The Morgan fingerprint density at radius 2 is 1.65 bits per heavy atom. The molecule has 3 atom stereocenters. The second-order valence-corrected chi connectivity index (χ2v) is 8.20. The maximum absolute atomic E-state index is 12.8. The molecule has 3 nitrogen and oxygen atoms in total. The molecule has 1 saturated carbocycles. The summed E-state index contributed by atoms with van der Waals surface area (Å²) in [6, 6.07) is 17.0. The number of nitrogens with zero attached hydrogens (tertiary/aromatic N) is 1. The van der Waals surface area contributed by atoms with Gasteiger partial charge in [-0.25, -0.2) is 8.42 Å². The number of hydrogen-bond donors (Lipinski definition) is 0. The minimum absolute atomic E-state index is 0.225. The van der Waals surface area contributed by atoms with Crippen molar-refractivity contribution >= 4 is 9.84 Å². The van der Waals surface area contributed by atoms with Crippen molar-refractivity contribution in [2.24, 2.45) is 5.92 Å². The zero-order chi connectivity index (χ0) is 16.6. The van der Waals surface area contributed by atoms with Gasteiger partial charge in [-0.3, -0.25) is 0 Å². The molecule has 23 heavy (non-hydrogen) atoms. The van der Waals surface area contributed by atoms with Gasteiger partial charge < -0.3 is 0 Å². The number of nitriles is 1. The average molecular weight is 325 g/mol. The molecule has 0 saturated heterocycles. The molecule has 0 heterocycles. The van der Waals surface area contributed by atoms with Crippen molar-refractivity contribution in [3.63, 3.8) is 0 Å². The largest absolute Gasteiger partial charge is 0.223 e. The molecule has 118 valence electrons. The van der Waals surface area contributed by atoms with Gasteiger partial charge in [-0.15, -0.1) is 0 Å². The van der Waals surface area contributed by atoms with Crippen molar-refractivity contribution in [3.05, 3.63) is 65.2 Å². The van der Waals surface area contributed by atoms with Crippen LogP contribution in [0.15, 0.2) is 53.4 Å². The first-order valence-electron chi connectivity index (χ1n) is 7.78. The van der Waals surface area contributed by atoms with E-state index < -0.39 is 21.0 Å². The number of aryl methyl sites for hydroxylation is 2. The Balaban J connectivity index is 1.92. The van der Waals surface area contributed by atoms with Gasteiger partial charge in [0.2, 0.25) is 0 Å². The zero-order valence-electron chi connectivity index (χ0n) is 13.2. The molecular formula is C19H19NO2S. The molecule has 1 aliphatic rings. The molecule has 1 aliphatic carbocycles. The number of hydrogen-bond acceptors (Lipinski definition) is 3. The Morgan fingerprint density at radius 1 is 1.04 bits per heavy atom. The van der Waals surface area contributed by atoms with Crippen LogP contribution < -0.4 is 0 Å². The van der Waals surface area contributed by atoms with Gasteiger partial charge in [0.25, 0.3) is 0 Å². The Hall–Kier alpha value is -2.12. The van der Waals surface area contributed by atoms with Crippen LogP contribution in [0.1, 0.15) is 29.5 Å². The highest BCUT2D eigenvalue weighted by Crippen LogP contribution is 2.53. The van der Waals surface area contributed by atoms with Crippen molar-refractivity contribution in [1.29, 1.82) is 5.26 Å². The van der Waals surface area contributed by atoms with Crippen LogP contribution in [0.2, 0.25) is 0 Å². The first-order chi connectivity index (χ1) is 11.0. The Kier molecular flexibility index (Phi) is 3.99. The molecular weight excluding hydrogens is 306 g/mol. The number of benzene rings is 2. The SMILES string of the molecule is CCc1ccc(C2C(C#N)C2S(=O)(=O)c2ccc(C)cc2)cc1. The lowest BCUT2D eigenvalue weighted by Gasteiger charge is -2.05. The lowest BCUT2D eigenvalue weighted by molar-refractivity contribution is 0.593. The molecule has 0 N–H and O–H groups in total. The molecule has 2 aromatic carbocycles. The lowest BCUT2D eigenvalue weighted by Crippen LogP contribution is -2.10. The fraction of sp³-hybridized carbons (Fsp3) is 0.316. The van der Waals surface area contributed by atoms with Crippen LogP contribution in [-0.2, 0) is 16.3 Å². The van der Waals surface area contributed by atoms with E-state index >= 15 is 0 Å². The summed E-state index contributed by atoms with van der Waals surface area (Å²) in [5.74, 6) is -0.689. The number of sulfone groups is 1. The molecule has 0 aliphatic heterocycles. The van der Waals surface area contributed by atoms with Crippen molar-refractivity contribution in [2.45, 2.75) is 36.3 Å². The Labute approximate surface area is 137 Å². The van der Waals surface area contributed by atoms with E-state index in [-0.39, 0.29) is 5.92 Å². The molecule has 3 rings (SSSR count). The van der Waals surface area contributed by atoms with Crippen LogP contribution in [0.5, 0.6) is 0 Å². The van der Waals surface area contributed by atoms with E-state index in [2.05, 4.69) is 13.0 Å². The molecule has 0 spiro atoms. The normalized spacial score (nSPS) is 23.3. The number of rotatable bonds is 4. The van der Waals surface area contributed by atoms with Gasteiger partial charge in [-0.2, -0.15) is 5.26 Å². The van der Waals surface area contributed by atoms with E-state index in [1.54, 1.807) is 24.3 Å². The molecule has 4 heteroatoms. The third-order valence-electron chi connectivity index (χ3n) is 4.58. The second-order valence-electron chi connectivity index (χ2n) is 6.10. The van der Waals surface area contributed by atoms with Gasteiger partial charge in [0.1, 0.15) is 0 Å². The topological polar surface area (TPSA) is 57.9 Å². The van der Waals surface area contributed by atoms with Gasteiger partial charge in [-0.1, -0.05) is 48.9 Å². The van der Waals surface area contributed by atoms with Crippen molar-refractivity contribution in [1.82, 2.24) is 0 Å². The molecule has 0 bridgehead atoms. The highest BCUT2D eigenvalue weighted by atomic mass is 32.2. The average Bonchev–Trinajstić information content (AvgIpc) is 3.31. The van der Waals surface area contributed by atoms with E-state index in [0.717, 1.165) is 17.5 Å². The second kappa shape index (κ2) is 5.82. The van der Waals surface area contributed by atoms with Crippen LogP contribution in [0, 0.1) is 24.2 Å². The third kappa shape index (κ3) is 2.77. The Bertz CT molecular complexity index is 846. The van der Waals surface area contributed by atoms with E-state index in [1.807, 2.05) is 31.2 Å². The van der Waals surface area contributed by atoms with Crippen LogP contribution in [0.3, 0.4) is 0 Å². The van der Waals surface area contributed by atoms with Crippen molar-refractivity contribution in [2.75, 3.05) is 0 Å². The Morgan fingerprint density at radius 3 is 2.17 bits per heavy atom. The van der Waals surface area contributed by atoms with Gasteiger partial charge in [-0.05, 0) is 36.6 Å². The van der Waals surface area contributed by atoms with E-state index in [4.69, 9.17) is 0 Å². The van der Waals surface area contributed by atoms with Crippen LogP contribution in [-0.4, -0.2) is 13.7 Å². The minimum Gasteiger partial charge on any atom is -0.223 e. The summed E-state index contributed by atoms with van der Waals surface area (Å²) in [5.41, 5.74) is 3.17. The maximum Gasteiger partial charge on any atom is 0.183 e. The van der Waals surface area contributed by atoms with E-state index in [1.165, 1.54) is 5.56 Å².